The van der Waals surface area contributed by atoms with E-state index in [1.807, 2.05) is 140 Å². The van der Waals surface area contributed by atoms with Crippen molar-refractivity contribution in [3.8, 4) is 17.2 Å². The molecule has 9 aromatic rings. The van der Waals surface area contributed by atoms with E-state index in [4.69, 9.17) is 14.2 Å². The van der Waals surface area contributed by atoms with Gasteiger partial charge in [0.05, 0.1) is 5.92 Å². The van der Waals surface area contributed by atoms with Crippen molar-refractivity contribution in [1.82, 2.24) is 0 Å². The third-order valence-corrected chi connectivity index (χ3v) is 11.7. The number of rotatable bonds is 6. The smallest absolute Gasteiger partial charge is 0.329 e. The number of carbonyl (C=O) groups excluding carboxylic acids is 3. The highest BCUT2D eigenvalue weighted by molar-refractivity contribution is 6.09. The highest BCUT2D eigenvalue weighted by Crippen LogP contribution is 2.46. The normalized spacial score (nSPS) is 15.3. The minimum Gasteiger partial charge on any atom is -0.426 e. The fraction of sp³-hybridized carbons (Fsp3) is 0.118. The van der Waals surface area contributed by atoms with Crippen LogP contribution >= 0.6 is 0 Å². The molecule has 57 heavy (non-hydrogen) atoms. The van der Waals surface area contributed by atoms with Crippen molar-refractivity contribution >= 4 is 82.5 Å². The van der Waals surface area contributed by atoms with Gasteiger partial charge in [-0.2, -0.15) is 0 Å². The average Bonchev–Trinajstić information content (AvgIpc) is 3.24. The molecule has 0 saturated heterocycles. The molecule has 0 amide bonds. The lowest BCUT2D eigenvalue weighted by Crippen LogP contribution is -2.54. The van der Waals surface area contributed by atoms with Gasteiger partial charge >= 0.3 is 17.9 Å². The largest absolute Gasteiger partial charge is 0.426 e. The van der Waals surface area contributed by atoms with Gasteiger partial charge in [0.15, 0.2) is 5.41 Å². The van der Waals surface area contributed by atoms with E-state index in [2.05, 4.69) is 6.07 Å². The average molecular weight is 745 g/mol. The summed E-state index contributed by atoms with van der Waals surface area (Å²) < 4.78 is 18.9. The van der Waals surface area contributed by atoms with Crippen LogP contribution in [0.5, 0.6) is 17.2 Å². The zero-order valence-corrected chi connectivity index (χ0v) is 30.9. The van der Waals surface area contributed by atoms with Crippen LogP contribution in [-0.2, 0) is 14.4 Å². The molecule has 1 fully saturated rings. The summed E-state index contributed by atoms with van der Waals surface area (Å²) >= 11 is 0. The Balaban J connectivity index is 1.07. The summed E-state index contributed by atoms with van der Waals surface area (Å²) in [4.78, 5) is 44.8. The van der Waals surface area contributed by atoms with Crippen LogP contribution in [0, 0.1) is 11.3 Å². The first-order valence-electron chi connectivity index (χ1n) is 19.4. The lowest BCUT2D eigenvalue weighted by Gasteiger charge is -2.38. The molecule has 0 spiro atoms. The van der Waals surface area contributed by atoms with Crippen molar-refractivity contribution in [3.05, 3.63) is 164 Å². The number of benzene rings is 9. The summed E-state index contributed by atoms with van der Waals surface area (Å²) in [6.07, 6.45) is 1.40. The van der Waals surface area contributed by atoms with Crippen LogP contribution in [0.25, 0.3) is 64.6 Å². The van der Waals surface area contributed by atoms with Gasteiger partial charge in [0.25, 0.3) is 0 Å². The molecule has 10 rings (SSSR count). The van der Waals surface area contributed by atoms with Crippen LogP contribution in [0.1, 0.15) is 25.7 Å². The van der Waals surface area contributed by atoms with Crippen molar-refractivity contribution in [2.75, 3.05) is 0 Å². The maximum absolute atomic E-state index is 15.1. The second-order valence-corrected chi connectivity index (χ2v) is 15.0. The van der Waals surface area contributed by atoms with Crippen LogP contribution < -0.4 is 14.2 Å². The summed E-state index contributed by atoms with van der Waals surface area (Å²) in [5, 5.41) is 11.0. The van der Waals surface area contributed by atoms with Crippen LogP contribution in [0.3, 0.4) is 0 Å². The third-order valence-electron chi connectivity index (χ3n) is 11.7. The van der Waals surface area contributed by atoms with Crippen LogP contribution in [-0.4, -0.2) is 17.9 Å². The third kappa shape index (κ3) is 6.01. The maximum Gasteiger partial charge on any atom is 0.329 e. The molecule has 1 saturated carbocycles. The highest BCUT2D eigenvalue weighted by Gasteiger charge is 2.60. The first-order chi connectivity index (χ1) is 27.9. The van der Waals surface area contributed by atoms with E-state index in [9.17, 15) is 4.79 Å². The van der Waals surface area contributed by atoms with Crippen molar-refractivity contribution in [2.24, 2.45) is 11.3 Å². The first kappa shape index (κ1) is 34.4. The predicted molar refractivity (Wildman–Crippen MR) is 226 cm³/mol. The monoisotopic (exact) mass is 744 g/mol. The Morgan fingerprint density at radius 1 is 0.404 bits per heavy atom. The van der Waals surface area contributed by atoms with Crippen LogP contribution in [0.15, 0.2) is 164 Å². The van der Waals surface area contributed by atoms with Crippen molar-refractivity contribution in [3.63, 3.8) is 0 Å². The summed E-state index contributed by atoms with van der Waals surface area (Å²) in [6.45, 7) is 0. The molecule has 0 aromatic heterocycles. The number of fused-ring (bicyclic) bond motifs is 6. The molecule has 1 aliphatic carbocycles. The Morgan fingerprint density at radius 3 is 1.16 bits per heavy atom. The number of ether oxygens (including phenoxy) is 3. The quantitative estimate of drug-likeness (QED) is 0.0730. The van der Waals surface area contributed by atoms with Gasteiger partial charge in [-0.05, 0) is 116 Å². The number of hydrogen-bond donors (Lipinski definition) is 0. The van der Waals surface area contributed by atoms with Gasteiger partial charge in [-0.3, -0.25) is 14.4 Å². The lowest BCUT2D eigenvalue weighted by atomic mass is 9.66. The Morgan fingerprint density at radius 2 is 0.754 bits per heavy atom. The molecule has 276 valence electrons. The zero-order valence-electron chi connectivity index (χ0n) is 30.9. The SMILES string of the molecule is O=C(Oc1cccc2cc3ccccc3cc12)C1CCCCC1(C(=O)Oc1cccc2cc3ccccc3cc12)C(=O)Oc1cccc2cc3ccccc3cc12. The minimum absolute atomic E-state index is 0.0476. The first-order valence-corrected chi connectivity index (χ1v) is 19.4. The summed E-state index contributed by atoms with van der Waals surface area (Å²) in [7, 11) is 0. The topological polar surface area (TPSA) is 78.9 Å². The fourth-order valence-electron chi connectivity index (χ4n) is 8.71. The van der Waals surface area contributed by atoms with E-state index in [0.29, 0.717) is 40.9 Å². The van der Waals surface area contributed by atoms with Crippen molar-refractivity contribution < 1.29 is 28.6 Å². The Kier molecular flexibility index (Phi) is 8.40. The Hall–Kier alpha value is -7.05. The van der Waals surface area contributed by atoms with E-state index in [1.165, 1.54) is 0 Å². The van der Waals surface area contributed by atoms with Gasteiger partial charge in [0, 0.05) is 16.2 Å². The van der Waals surface area contributed by atoms with Crippen LogP contribution in [0.2, 0.25) is 0 Å². The van der Waals surface area contributed by atoms with E-state index < -0.39 is 29.2 Å². The van der Waals surface area contributed by atoms with E-state index in [-0.39, 0.29) is 12.8 Å². The standard InChI is InChI=1S/C51H36O6/c52-48(55-45-22-9-18-38-26-32-12-1-4-15-35(32)29-41(38)45)44-21-7-8-25-51(44,49(53)56-46-23-10-19-39-27-33-13-2-5-16-36(33)30-42(39)46)50(54)57-47-24-11-20-40-28-34-14-3-6-17-37(34)31-43(40)47/h1-6,9-20,22-24,26-31,44H,7-8,21,25H2. The van der Waals surface area contributed by atoms with E-state index in [1.54, 1.807) is 18.2 Å². The fourth-order valence-corrected chi connectivity index (χ4v) is 8.71. The molecule has 6 heteroatoms. The lowest BCUT2D eigenvalue weighted by molar-refractivity contribution is -0.175. The second kappa shape index (κ2) is 13.9. The molecule has 0 bridgehead atoms. The van der Waals surface area contributed by atoms with E-state index >= 15 is 9.59 Å². The molecule has 0 heterocycles. The van der Waals surface area contributed by atoms with Gasteiger partial charge in [-0.15, -0.1) is 0 Å². The van der Waals surface area contributed by atoms with Gasteiger partial charge in [0.2, 0.25) is 0 Å². The summed E-state index contributed by atoms with van der Waals surface area (Å²) in [5.41, 5.74) is -2.01. The Labute approximate surface area is 328 Å². The van der Waals surface area contributed by atoms with Crippen LogP contribution in [0.4, 0.5) is 0 Å². The maximum atomic E-state index is 15.1. The molecule has 6 nitrogen and oxygen atoms in total. The molecular formula is C51H36O6. The molecule has 0 radical (unpaired) electrons. The van der Waals surface area contributed by atoms with Gasteiger partial charge < -0.3 is 14.2 Å². The summed E-state index contributed by atoms with van der Waals surface area (Å²) in [6, 6.07) is 52.6. The number of carbonyl (C=O) groups is 3. The highest BCUT2D eigenvalue weighted by atomic mass is 16.6. The predicted octanol–water partition coefficient (Wildman–Crippen LogP) is 11.9. The molecule has 1 atom stereocenters. The molecule has 9 aromatic carbocycles. The minimum atomic E-state index is -2.01. The number of esters is 3. The molecule has 0 N–H and O–H groups in total. The van der Waals surface area contributed by atoms with Gasteiger partial charge in [0.1, 0.15) is 17.2 Å². The molecule has 1 unspecified atom stereocenters. The molecule has 1 aliphatic rings. The van der Waals surface area contributed by atoms with Crippen molar-refractivity contribution in [2.45, 2.75) is 25.7 Å². The summed E-state index contributed by atoms with van der Waals surface area (Å²) in [5.74, 6) is -2.61. The zero-order chi connectivity index (χ0) is 38.5. The Bertz CT molecular complexity index is 2960. The van der Waals surface area contributed by atoms with E-state index in [0.717, 1.165) is 53.9 Å². The molecular weight excluding hydrogens is 709 g/mol. The second-order valence-electron chi connectivity index (χ2n) is 15.0. The van der Waals surface area contributed by atoms with Gasteiger partial charge in [-0.1, -0.05) is 122 Å². The number of hydrogen-bond acceptors (Lipinski definition) is 6. The van der Waals surface area contributed by atoms with Crippen molar-refractivity contribution in [1.29, 1.82) is 0 Å². The molecule has 0 aliphatic heterocycles. The van der Waals surface area contributed by atoms with Gasteiger partial charge in [-0.25, -0.2) is 0 Å².